The van der Waals surface area contributed by atoms with Crippen molar-refractivity contribution in [1.82, 2.24) is 19.2 Å². The first kappa shape index (κ1) is 24.9. The van der Waals surface area contributed by atoms with Crippen molar-refractivity contribution in [3.05, 3.63) is 94.1 Å². The first-order chi connectivity index (χ1) is 17.7. The molecule has 0 unspecified atom stereocenters. The van der Waals surface area contributed by atoms with Gasteiger partial charge in [-0.3, -0.25) is 9.48 Å². The zero-order valence-corrected chi connectivity index (χ0v) is 22.1. The Balaban J connectivity index is 1.51. The summed E-state index contributed by atoms with van der Waals surface area (Å²) in [6.45, 7) is 5.90. The molecular formula is C27H29N5O4S. The fraction of sp³-hybridized carbons (Fsp3) is 0.296. The minimum atomic E-state index is -3.81. The summed E-state index contributed by atoms with van der Waals surface area (Å²) in [7, 11) is -1.96. The van der Waals surface area contributed by atoms with Gasteiger partial charge < -0.3 is 9.42 Å². The van der Waals surface area contributed by atoms with Gasteiger partial charge in [0.1, 0.15) is 10.6 Å². The van der Waals surface area contributed by atoms with E-state index in [1.165, 1.54) is 4.31 Å². The standard InChI is InChI=1S/C27H29N5O4S/c1-18-10-12-21(13-11-18)27(33)32(22-8-6-5-7-9-22)17-24-23-16-31(15-14-25(23)30(4)28-24)37(34,35)26-19(2)29-36-20(26)3/h5-13H,14-17H2,1-4H3. The number of anilines is 1. The van der Waals surface area contributed by atoms with E-state index in [4.69, 9.17) is 9.62 Å². The number of carbonyl (C=O) groups is 1. The van der Waals surface area contributed by atoms with Gasteiger partial charge in [0.15, 0.2) is 5.76 Å². The van der Waals surface area contributed by atoms with Gasteiger partial charge >= 0.3 is 0 Å². The van der Waals surface area contributed by atoms with Gasteiger partial charge in [0.25, 0.3) is 5.91 Å². The van der Waals surface area contributed by atoms with E-state index in [1.54, 1.807) is 23.4 Å². The topological polar surface area (TPSA) is 102 Å². The van der Waals surface area contributed by atoms with Crippen molar-refractivity contribution in [3.63, 3.8) is 0 Å². The summed E-state index contributed by atoms with van der Waals surface area (Å²) < 4.78 is 35.4. The van der Waals surface area contributed by atoms with E-state index in [0.717, 1.165) is 22.5 Å². The monoisotopic (exact) mass is 519 g/mol. The van der Waals surface area contributed by atoms with Gasteiger partial charge in [-0.05, 0) is 45.0 Å². The Morgan fingerprint density at radius 2 is 1.76 bits per heavy atom. The van der Waals surface area contributed by atoms with Crippen LogP contribution in [0.3, 0.4) is 0 Å². The number of sulfonamides is 1. The predicted octanol–water partition coefficient (Wildman–Crippen LogP) is 3.93. The number of aromatic nitrogens is 3. The molecule has 1 aliphatic heterocycles. The Hall–Kier alpha value is -3.76. The molecule has 0 spiro atoms. The van der Waals surface area contributed by atoms with E-state index in [0.29, 0.717) is 29.9 Å². The Morgan fingerprint density at radius 1 is 1.05 bits per heavy atom. The lowest BCUT2D eigenvalue weighted by atomic mass is 10.1. The number of rotatable bonds is 6. The fourth-order valence-electron chi connectivity index (χ4n) is 4.84. The number of para-hydroxylation sites is 1. The van der Waals surface area contributed by atoms with Crippen LogP contribution in [0.2, 0.25) is 0 Å². The molecule has 2 aromatic carbocycles. The van der Waals surface area contributed by atoms with Crippen LogP contribution in [-0.2, 0) is 36.6 Å². The van der Waals surface area contributed by atoms with Crippen LogP contribution in [0, 0.1) is 20.8 Å². The lowest BCUT2D eigenvalue weighted by Gasteiger charge is -2.28. The fourth-order valence-corrected chi connectivity index (χ4v) is 6.54. The maximum Gasteiger partial charge on any atom is 0.258 e. The minimum Gasteiger partial charge on any atom is -0.360 e. The van der Waals surface area contributed by atoms with E-state index in [1.807, 2.05) is 68.6 Å². The smallest absolute Gasteiger partial charge is 0.258 e. The molecule has 192 valence electrons. The summed E-state index contributed by atoms with van der Waals surface area (Å²) in [5, 5.41) is 8.56. The van der Waals surface area contributed by atoms with Crippen LogP contribution in [0.4, 0.5) is 5.69 Å². The summed E-state index contributed by atoms with van der Waals surface area (Å²) in [5.41, 5.74) is 5.18. The number of hydrogen-bond donors (Lipinski definition) is 0. The van der Waals surface area contributed by atoms with Crippen LogP contribution in [-0.4, -0.2) is 40.1 Å². The molecule has 0 fully saturated rings. The Kier molecular flexibility index (Phi) is 6.47. The highest BCUT2D eigenvalue weighted by atomic mass is 32.2. The normalized spacial score (nSPS) is 13.9. The van der Waals surface area contributed by atoms with Crippen molar-refractivity contribution in [1.29, 1.82) is 0 Å². The molecule has 0 aliphatic carbocycles. The zero-order chi connectivity index (χ0) is 26.3. The maximum absolute atomic E-state index is 13.7. The molecule has 1 aliphatic rings. The van der Waals surface area contributed by atoms with E-state index < -0.39 is 10.0 Å². The Morgan fingerprint density at radius 3 is 2.41 bits per heavy atom. The third-order valence-corrected chi connectivity index (χ3v) is 8.87. The molecule has 0 radical (unpaired) electrons. The second-order valence-corrected chi connectivity index (χ2v) is 11.2. The summed E-state index contributed by atoms with van der Waals surface area (Å²) in [6.07, 6.45) is 0.513. The van der Waals surface area contributed by atoms with Crippen molar-refractivity contribution in [2.45, 2.75) is 45.2 Å². The molecule has 2 aromatic heterocycles. The lowest BCUT2D eigenvalue weighted by Crippen LogP contribution is -2.37. The molecule has 5 rings (SSSR count). The molecule has 37 heavy (non-hydrogen) atoms. The highest BCUT2D eigenvalue weighted by molar-refractivity contribution is 7.89. The second-order valence-electron chi connectivity index (χ2n) is 9.33. The van der Waals surface area contributed by atoms with Gasteiger partial charge in [0.2, 0.25) is 10.0 Å². The minimum absolute atomic E-state index is 0.113. The van der Waals surface area contributed by atoms with E-state index in [9.17, 15) is 13.2 Å². The third-order valence-electron chi connectivity index (χ3n) is 6.78. The molecule has 3 heterocycles. The molecular weight excluding hydrogens is 490 g/mol. The zero-order valence-electron chi connectivity index (χ0n) is 21.3. The van der Waals surface area contributed by atoms with Crippen molar-refractivity contribution in [2.24, 2.45) is 7.05 Å². The molecule has 4 aromatic rings. The quantitative estimate of drug-likeness (QED) is 0.383. The summed E-state index contributed by atoms with van der Waals surface area (Å²) >= 11 is 0. The summed E-state index contributed by atoms with van der Waals surface area (Å²) in [5.74, 6) is 0.121. The van der Waals surface area contributed by atoms with Gasteiger partial charge in [0.05, 0.1) is 12.2 Å². The van der Waals surface area contributed by atoms with Crippen LogP contribution in [0.25, 0.3) is 0 Å². The highest BCUT2D eigenvalue weighted by Crippen LogP contribution is 2.31. The molecule has 10 heteroatoms. The van der Waals surface area contributed by atoms with Crippen LogP contribution < -0.4 is 4.90 Å². The van der Waals surface area contributed by atoms with Crippen LogP contribution in [0.5, 0.6) is 0 Å². The Labute approximate surface area is 216 Å². The van der Waals surface area contributed by atoms with Gasteiger partial charge in [0, 0.05) is 49.1 Å². The number of nitrogens with zero attached hydrogens (tertiary/aromatic N) is 5. The van der Waals surface area contributed by atoms with Crippen LogP contribution >= 0.6 is 0 Å². The van der Waals surface area contributed by atoms with Crippen LogP contribution in [0.15, 0.2) is 64.0 Å². The molecule has 0 atom stereocenters. The number of aryl methyl sites for hydroxylation is 4. The van der Waals surface area contributed by atoms with Gasteiger partial charge in [-0.2, -0.15) is 9.40 Å². The summed E-state index contributed by atoms with van der Waals surface area (Å²) in [6, 6.07) is 16.9. The average Bonchev–Trinajstić information content (AvgIpc) is 3.40. The van der Waals surface area contributed by atoms with Crippen LogP contribution in [0.1, 0.15) is 44.3 Å². The SMILES string of the molecule is Cc1ccc(C(=O)N(Cc2nn(C)c3c2CN(S(=O)(=O)c2c(C)noc2C)CC3)c2ccccc2)cc1. The average molecular weight is 520 g/mol. The van der Waals surface area contributed by atoms with Crippen molar-refractivity contribution < 1.29 is 17.7 Å². The van der Waals surface area contributed by atoms with E-state index >= 15 is 0 Å². The number of hydrogen-bond acceptors (Lipinski definition) is 6. The predicted molar refractivity (Wildman–Crippen MR) is 139 cm³/mol. The number of amides is 1. The molecule has 1 amide bonds. The van der Waals surface area contributed by atoms with Gasteiger partial charge in [-0.25, -0.2) is 8.42 Å². The molecule has 0 bridgehead atoms. The lowest BCUT2D eigenvalue weighted by molar-refractivity contribution is 0.0984. The third kappa shape index (κ3) is 4.58. The van der Waals surface area contributed by atoms with Gasteiger partial charge in [-0.1, -0.05) is 41.1 Å². The summed E-state index contributed by atoms with van der Waals surface area (Å²) in [4.78, 5) is 15.5. The largest absolute Gasteiger partial charge is 0.360 e. The molecule has 0 N–H and O–H groups in total. The van der Waals surface area contributed by atoms with Crippen molar-refractivity contribution >= 4 is 21.6 Å². The first-order valence-electron chi connectivity index (χ1n) is 12.1. The first-order valence-corrected chi connectivity index (χ1v) is 13.5. The molecule has 0 saturated heterocycles. The maximum atomic E-state index is 13.7. The Bertz CT molecular complexity index is 1540. The van der Waals surface area contributed by atoms with Crippen molar-refractivity contribution in [2.75, 3.05) is 11.4 Å². The van der Waals surface area contributed by atoms with E-state index in [-0.39, 0.29) is 29.7 Å². The van der Waals surface area contributed by atoms with Gasteiger partial charge in [-0.15, -0.1) is 0 Å². The number of benzene rings is 2. The van der Waals surface area contributed by atoms with E-state index in [2.05, 4.69) is 5.16 Å². The second kappa shape index (κ2) is 9.60. The number of carbonyl (C=O) groups excluding carboxylic acids is 1. The molecule has 0 saturated carbocycles. The van der Waals surface area contributed by atoms with Crippen molar-refractivity contribution in [3.8, 4) is 0 Å². The highest BCUT2D eigenvalue weighted by Gasteiger charge is 2.36. The molecule has 9 nitrogen and oxygen atoms in total. The number of fused-ring (bicyclic) bond motifs is 1.